The van der Waals surface area contributed by atoms with Gasteiger partial charge in [0.15, 0.2) is 0 Å². The van der Waals surface area contributed by atoms with E-state index in [4.69, 9.17) is 5.73 Å². The summed E-state index contributed by atoms with van der Waals surface area (Å²) in [7, 11) is 0. The summed E-state index contributed by atoms with van der Waals surface area (Å²) < 4.78 is 0. The molecule has 0 spiro atoms. The van der Waals surface area contributed by atoms with E-state index in [1.165, 1.54) is 24.1 Å². The second kappa shape index (κ2) is 3.79. The Bertz CT molecular complexity index is 279. The fourth-order valence-corrected chi connectivity index (χ4v) is 1.48. The fourth-order valence-electron chi connectivity index (χ4n) is 1.48. The van der Waals surface area contributed by atoms with Crippen LogP contribution in [0.3, 0.4) is 0 Å². The number of nitrogens with one attached hydrogen (secondary N) is 1. The molecule has 2 nitrogen and oxygen atoms in total. The number of nitrogens with two attached hydrogens (primary N) is 1. The number of para-hydroxylation sites is 1. The summed E-state index contributed by atoms with van der Waals surface area (Å²) >= 11 is 0. The van der Waals surface area contributed by atoms with Crippen molar-refractivity contribution in [3.05, 3.63) is 29.8 Å². The molecule has 1 aliphatic carbocycles. The molecule has 0 atom stereocenters. The number of hydrogen-bond acceptors (Lipinski definition) is 2. The van der Waals surface area contributed by atoms with Gasteiger partial charge in [-0.3, -0.25) is 0 Å². The molecular weight excluding hydrogens is 160 g/mol. The highest BCUT2D eigenvalue weighted by molar-refractivity contribution is 5.52. The molecule has 3 N–H and O–H groups in total. The third kappa shape index (κ3) is 2.22. The molecule has 13 heavy (non-hydrogen) atoms. The van der Waals surface area contributed by atoms with Crippen LogP contribution in [0.2, 0.25) is 0 Å². The van der Waals surface area contributed by atoms with E-state index in [1.807, 2.05) is 0 Å². The second-order valence-electron chi connectivity index (χ2n) is 3.61. The predicted molar refractivity (Wildman–Crippen MR) is 55.8 cm³/mol. The number of benzene rings is 1. The summed E-state index contributed by atoms with van der Waals surface area (Å²) in [6.07, 6.45) is 3.60. The van der Waals surface area contributed by atoms with Crippen molar-refractivity contribution in [1.82, 2.24) is 0 Å². The first kappa shape index (κ1) is 8.57. The van der Waals surface area contributed by atoms with Gasteiger partial charge in [0.1, 0.15) is 0 Å². The Morgan fingerprint density at radius 3 is 2.77 bits per heavy atom. The highest BCUT2D eigenvalue weighted by atomic mass is 15.0. The van der Waals surface area contributed by atoms with Crippen molar-refractivity contribution >= 4 is 5.69 Å². The summed E-state index contributed by atoms with van der Waals surface area (Å²) in [5, 5.41) is 3.51. The first-order valence-electron chi connectivity index (χ1n) is 4.94. The van der Waals surface area contributed by atoms with Crippen LogP contribution in [0.4, 0.5) is 5.69 Å². The zero-order valence-corrected chi connectivity index (χ0v) is 7.79. The normalized spacial score (nSPS) is 15.8. The first-order chi connectivity index (χ1) is 6.40. The van der Waals surface area contributed by atoms with E-state index in [9.17, 15) is 0 Å². The number of anilines is 1. The molecule has 2 heteroatoms. The molecule has 0 amide bonds. The monoisotopic (exact) mass is 176 g/mol. The van der Waals surface area contributed by atoms with E-state index in [0.29, 0.717) is 0 Å². The summed E-state index contributed by atoms with van der Waals surface area (Å²) in [5.41, 5.74) is 8.17. The quantitative estimate of drug-likeness (QED) is 0.733. The fraction of sp³-hybridized carbons (Fsp3) is 0.455. The molecule has 0 radical (unpaired) electrons. The van der Waals surface area contributed by atoms with Crippen molar-refractivity contribution in [3.8, 4) is 0 Å². The molecule has 1 aliphatic rings. The van der Waals surface area contributed by atoms with E-state index < -0.39 is 0 Å². The van der Waals surface area contributed by atoms with Gasteiger partial charge in [0.2, 0.25) is 0 Å². The smallest absolute Gasteiger partial charge is 0.0375 e. The van der Waals surface area contributed by atoms with Crippen molar-refractivity contribution < 1.29 is 0 Å². The zero-order chi connectivity index (χ0) is 9.10. The van der Waals surface area contributed by atoms with Gasteiger partial charge in [-0.2, -0.15) is 0 Å². The third-order valence-electron chi connectivity index (χ3n) is 2.37. The Labute approximate surface area is 79.1 Å². The lowest BCUT2D eigenvalue weighted by Gasteiger charge is -2.09. The molecule has 1 fully saturated rings. The molecule has 0 unspecified atom stereocenters. The largest absolute Gasteiger partial charge is 0.382 e. The molecule has 0 saturated heterocycles. The molecule has 0 heterocycles. The maximum atomic E-state index is 5.55. The van der Waals surface area contributed by atoms with Crippen molar-refractivity contribution in [3.63, 3.8) is 0 Å². The first-order valence-corrected chi connectivity index (χ1v) is 4.94. The minimum absolute atomic E-state index is 0.721. The van der Waals surface area contributed by atoms with Crippen molar-refractivity contribution in [2.24, 2.45) is 5.73 Å². The van der Waals surface area contributed by atoms with Crippen molar-refractivity contribution in [2.45, 2.75) is 25.3 Å². The molecule has 70 valence electrons. The molecule has 1 saturated carbocycles. The lowest BCUT2D eigenvalue weighted by Crippen LogP contribution is -2.08. The Balaban J connectivity index is 2.10. The van der Waals surface area contributed by atoms with Gasteiger partial charge in [-0.1, -0.05) is 18.2 Å². The topological polar surface area (TPSA) is 38.0 Å². The standard InChI is InChI=1S/C11H16N2/c12-8-7-9-3-1-2-4-11(9)13-10-5-6-10/h1-4,10,13H,5-8,12H2. The van der Waals surface area contributed by atoms with E-state index in [-0.39, 0.29) is 0 Å². The summed E-state index contributed by atoms with van der Waals surface area (Å²) in [5.74, 6) is 0. The van der Waals surface area contributed by atoms with Crippen LogP contribution >= 0.6 is 0 Å². The Morgan fingerprint density at radius 1 is 1.31 bits per heavy atom. The Morgan fingerprint density at radius 2 is 2.08 bits per heavy atom. The Kier molecular flexibility index (Phi) is 2.50. The highest BCUT2D eigenvalue weighted by Gasteiger charge is 2.21. The Hall–Kier alpha value is -1.02. The van der Waals surface area contributed by atoms with Crippen molar-refractivity contribution in [2.75, 3.05) is 11.9 Å². The van der Waals surface area contributed by atoms with Crippen LogP contribution in [-0.2, 0) is 6.42 Å². The van der Waals surface area contributed by atoms with Gasteiger partial charge in [-0.25, -0.2) is 0 Å². The van der Waals surface area contributed by atoms with Crippen LogP contribution < -0.4 is 11.1 Å². The molecular formula is C11H16N2. The molecule has 1 aromatic carbocycles. The van der Waals surface area contributed by atoms with Crippen LogP contribution in [0.25, 0.3) is 0 Å². The van der Waals surface area contributed by atoms with Crippen LogP contribution in [0.1, 0.15) is 18.4 Å². The average Bonchev–Trinajstić information content (AvgIpc) is 2.93. The third-order valence-corrected chi connectivity index (χ3v) is 2.37. The highest BCUT2D eigenvalue weighted by Crippen LogP contribution is 2.26. The molecule has 0 bridgehead atoms. The maximum Gasteiger partial charge on any atom is 0.0375 e. The molecule has 1 aromatic rings. The van der Waals surface area contributed by atoms with Gasteiger partial charge < -0.3 is 11.1 Å². The average molecular weight is 176 g/mol. The minimum Gasteiger partial charge on any atom is -0.382 e. The lowest BCUT2D eigenvalue weighted by molar-refractivity contribution is 0.964. The second-order valence-corrected chi connectivity index (χ2v) is 3.61. The van der Waals surface area contributed by atoms with Crippen molar-refractivity contribution in [1.29, 1.82) is 0 Å². The number of rotatable bonds is 4. The SMILES string of the molecule is NCCc1ccccc1NC1CC1. The zero-order valence-electron chi connectivity index (χ0n) is 7.79. The molecule has 0 aliphatic heterocycles. The minimum atomic E-state index is 0.721. The van der Waals surface area contributed by atoms with Gasteiger partial charge >= 0.3 is 0 Å². The van der Waals surface area contributed by atoms with E-state index >= 15 is 0 Å². The number of hydrogen-bond donors (Lipinski definition) is 2. The van der Waals surface area contributed by atoms with Gasteiger partial charge in [-0.05, 0) is 37.4 Å². The molecule has 2 rings (SSSR count). The van der Waals surface area contributed by atoms with Gasteiger partial charge in [-0.15, -0.1) is 0 Å². The molecule has 0 aromatic heterocycles. The summed E-state index contributed by atoms with van der Waals surface area (Å²) in [4.78, 5) is 0. The predicted octanol–water partition coefficient (Wildman–Crippen LogP) is 1.76. The van der Waals surface area contributed by atoms with Crippen LogP contribution in [0, 0.1) is 0 Å². The maximum absolute atomic E-state index is 5.55. The van der Waals surface area contributed by atoms with E-state index in [0.717, 1.165) is 19.0 Å². The summed E-state index contributed by atoms with van der Waals surface area (Å²) in [6.45, 7) is 0.726. The summed E-state index contributed by atoms with van der Waals surface area (Å²) in [6, 6.07) is 9.16. The lowest BCUT2D eigenvalue weighted by atomic mass is 10.1. The van der Waals surface area contributed by atoms with Gasteiger partial charge in [0, 0.05) is 11.7 Å². The van der Waals surface area contributed by atoms with Crippen LogP contribution in [0.15, 0.2) is 24.3 Å². The van der Waals surface area contributed by atoms with Crippen LogP contribution in [0.5, 0.6) is 0 Å². The van der Waals surface area contributed by atoms with Gasteiger partial charge in [0.25, 0.3) is 0 Å². The van der Waals surface area contributed by atoms with E-state index in [2.05, 4.69) is 29.6 Å². The van der Waals surface area contributed by atoms with E-state index in [1.54, 1.807) is 0 Å². The van der Waals surface area contributed by atoms with Gasteiger partial charge in [0.05, 0.1) is 0 Å². The van der Waals surface area contributed by atoms with Crippen LogP contribution in [-0.4, -0.2) is 12.6 Å².